The van der Waals surface area contributed by atoms with Crippen LogP contribution >= 0.6 is 0 Å². The molecule has 1 fully saturated rings. The van der Waals surface area contributed by atoms with Crippen LogP contribution in [0.2, 0.25) is 0 Å². The maximum Gasteiger partial charge on any atom is 0.241 e. The highest BCUT2D eigenvalue weighted by atomic mass is 16.5. The summed E-state index contributed by atoms with van der Waals surface area (Å²) in [4.78, 5) is 14.4. The van der Waals surface area contributed by atoms with Gasteiger partial charge in [-0.1, -0.05) is 23.8 Å². The fourth-order valence-electron chi connectivity index (χ4n) is 2.85. The Morgan fingerprint density at radius 3 is 2.76 bits per heavy atom. The van der Waals surface area contributed by atoms with Crippen LogP contribution in [0.4, 0.5) is 0 Å². The zero-order chi connectivity index (χ0) is 15.4. The number of carbonyl (C=O) groups excluding carboxylic acids is 1. The van der Waals surface area contributed by atoms with Crippen molar-refractivity contribution in [3.63, 3.8) is 0 Å². The number of nitrogens with one attached hydrogen (secondary N) is 1. The van der Waals surface area contributed by atoms with Gasteiger partial charge in [-0.15, -0.1) is 0 Å². The highest BCUT2D eigenvalue weighted by Crippen LogP contribution is 2.28. The molecule has 1 heterocycles. The Kier molecular flexibility index (Phi) is 5.37. The van der Waals surface area contributed by atoms with E-state index in [0.29, 0.717) is 0 Å². The van der Waals surface area contributed by atoms with Crippen LogP contribution in [0.3, 0.4) is 0 Å². The van der Waals surface area contributed by atoms with Gasteiger partial charge in [-0.2, -0.15) is 0 Å². The van der Waals surface area contributed by atoms with Crippen LogP contribution in [0.1, 0.15) is 42.6 Å². The number of hydrogen-bond donors (Lipinski definition) is 1. The summed E-state index contributed by atoms with van der Waals surface area (Å²) in [5, 5.41) is 3.42. The molecule has 1 N–H and O–H groups in total. The van der Waals surface area contributed by atoms with Gasteiger partial charge in [-0.05, 0) is 44.7 Å². The van der Waals surface area contributed by atoms with Crippen molar-refractivity contribution in [1.29, 1.82) is 0 Å². The molecular weight excluding hydrogens is 264 g/mol. The van der Waals surface area contributed by atoms with Gasteiger partial charge in [0.1, 0.15) is 6.17 Å². The van der Waals surface area contributed by atoms with Crippen molar-refractivity contribution < 1.29 is 9.53 Å². The molecule has 1 aliphatic rings. The SMILES string of the molecule is COCCCCN1C(=O)C(C)NC1c1cc(C)ccc1C. The van der Waals surface area contributed by atoms with Crippen LogP contribution in [-0.4, -0.2) is 37.1 Å². The van der Waals surface area contributed by atoms with Crippen LogP contribution < -0.4 is 5.32 Å². The molecule has 2 unspecified atom stereocenters. The molecule has 0 spiro atoms. The molecule has 1 aromatic rings. The molecule has 0 bridgehead atoms. The third-order valence-corrected chi connectivity index (χ3v) is 4.10. The van der Waals surface area contributed by atoms with E-state index >= 15 is 0 Å². The molecule has 1 aromatic carbocycles. The standard InChI is InChI=1S/C17H26N2O2/c1-12-7-8-13(2)15(11-12)16-18-14(3)17(20)19(16)9-5-6-10-21-4/h7-8,11,14,16,18H,5-6,9-10H2,1-4H3. The van der Waals surface area contributed by atoms with Crippen molar-refractivity contribution in [2.24, 2.45) is 0 Å². The van der Waals surface area contributed by atoms with Crippen molar-refractivity contribution in [1.82, 2.24) is 10.2 Å². The molecular formula is C17H26N2O2. The first-order valence-electron chi connectivity index (χ1n) is 7.67. The van der Waals surface area contributed by atoms with E-state index in [0.717, 1.165) is 26.0 Å². The van der Waals surface area contributed by atoms with E-state index in [9.17, 15) is 4.79 Å². The summed E-state index contributed by atoms with van der Waals surface area (Å²) in [6.07, 6.45) is 1.94. The first-order valence-corrected chi connectivity index (χ1v) is 7.67. The molecule has 2 rings (SSSR count). The largest absolute Gasteiger partial charge is 0.385 e. The second-order valence-corrected chi connectivity index (χ2v) is 5.88. The highest BCUT2D eigenvalue weighted by Gasteiger charge is 2.37. The highest BCUT2D eigenvalue weighted by molar-refractivity contribution is 5.84. The molecule has 0 radical (unpaired) electrons. The number of methoxy groups -OCH3 is 1. The maximum absolute atomic E-state index is 12.4. The maximum atomic E-state index is 12.4. The Bertz CT molecular complexity index is 502. The van der Waals surface area contributed by atoms with Gasteiger partial charge >= 0.3 is 0 Å². The fraction of sp³-hybridized carbons (Fsp3) is 0.588. The zero-order valence-electron chi connectivity index (χ0n) is 13.5. The summed E-state index contributed by atoms with van der Waals surface area (Å²) < 4.78 is 5.08. The number of carbonyl (C=O) groups is 1. The van der Waals surface area contributed by atoms with E-state index in [2.05, 4.69) is 37.4 Å². The Morgan fingerprint density at radius 1 is 1.29 bits per heavy atom. The molecule has 0 aromatic heterocycles. The van der Waals surface area contributed by atoms with Crippen LogP contribution in [0.15, 0.2) is 18.2 Å². The molecule has 116 valence electrons. The topological polar surface area (TPSA) is 41.6 Å². The Balaban J connectivity index is 2.15. The van der Waals surface area contributed by atoms with Crippen LogP contribution in [-0.2, 0) is 9.53 Å². The number of unbranched alkanes of at least 4 members (excludes halogenated alkanes) is 1. The van der Waals surface area contributed by atoms with Crippen LogP contribution in [0.5, 0.6) is 0 Å². The lowest BCUT2D eigenvalue weighted by molar-refractivity contribution is -0.129. The van der Waals surface area contributed by atoms with Crippen molar-refractivity contribution >= 4 is 5.91 Å². The number of hydrogen-bond acceptors (Lipinski definition) is 3. The van der Waals surface area contributed by atoms with Crippen molar-refractivity contribution in [3.05, 3.63) is 34.9 Å². The minimum Gasteiger partial charge on any atom is -0.385 e. The number of rotatable bonds is 6. The second-order valence-electron chi connectivity index (χ2n) is 5.88. The van der Waals surface area contributed by atoms with Crippen molar-refractivity contribution in [2.75, 3.05) is 20.3 Å². The predicted octanol–water partition coefficient (Wildman–Crippen LogP) is 2.55. The number of amides is 1. The van der Waals surface area contributed by atoms with Crippen LogP contribution in [0.25, 0.3) is 0 Å². The van der Waals surface area contributed by atoms with Gasteiger partial charge in [-0.3, -0.25) is 10.1 Å². The summed E-state index contributed by atoms with van der Waals surface area (Å²) in [6.45, 7) is 7.66. The van der Waals surface area contributed by atoms with Gasteiger partial charge in [-0.25, -0.2) is 0 Å². The first-order chi connectivity index (χ1) is 10.0. The average Bonchev–Trinajstić information content (AvgIpc) is 2.74. The first kappa shape index (κ1) is 16.0. The number of benzene rings is 1. The Hall–Kier alpha value is -1.39. The monoisotopic (exact) mass is 290 g/mol. The Morgan fingerprint density at radius 2 is 2.05 bits per heavy atom. The van der Waals surface area contributed by atoms with Crippen LogP contribution in [0, 0.1) is 13.8 Å². The quantitative estimate of drug-likeness (QED) is 0.819. The van der Waals surface area contributed by atoms with E-state index < -0.39 is 0 Å². The molecule has 1 saturated heterocycles. The van der Waals surface area contributed by atoms with Gasteiger partial charge in [0, 0.05) is 20.3 Å². The number of nitrogens with zero attached hydrogens (tertiary/aromatic N) is 1. The van der Waals surface area contributed by atoms with Gasteiger partial charge in [0.25, 0.3) is 0 Å². The smallest absolute Gasteiger partial charge is 0.241 e. The second kappa shape index (κ2) is 7.05. The zero-order valence-corrected chi connectivity index (χ0v) is 13.5. The minimum atomic E-state index is -0.114. The van der Waals surface area contributed by atoms with Crippen molar-refractivity contribution in [2.45, 2.75) is 45.8 Å². The van der Waals surface area contributed by atoms with Gasteiger partial charge in [0.15, 0.2) is 0 Å². The third-order valence-electron chi connectivity index (χ3n) is 4.10. The lowest BCUT2D eigenvalue weighted by atomic mass is 10.0. The van der Waals surface area contributed by atoms with Gasteiger partial charge in [0.05, 0.1) is 6.04 Å². The number of aryl methyl sites for hydroxylation is 2. The molecule has 0 saturated carbocycles. The molecule has 2 atom stereocenters. The lowest BCUT2D eigenvalue weighted by Crippen LogP contribution is -2.32. The summed E-state index contributed by atoms with van der Waals surface area (Å²) in [5.74, 6) is 0.193. The minimum absolute atomic E-state index is 0.00468. The summed E-state index contributed by atoms with van der Waals surface area (Å²) in [5.41, 5.74) is 3.66. The van der Waals surface area contributed by atoms with E-state index in [1.165, 1.54) is 16.7 Å². The Labute approximate surface area is 127 Å². The number of ether oxygens (including phenoxy) is 1. The summed E-state index contributed by atoms with van der Waals surface area (Å²) in [7, 11) is 1.71. The molecule has 1 amide bonds. The molecule has 4 nitrogen and oxygen atoms in total. The predicted molar refractivity (Wildman–Crippen MR) is 84.1 cm³/mol. The van der Waals surface area contributed by atoms with Gasteiger partial charge < -0.3 is 9.64 Å². The molecule has 1 aliphatic heterocycles. The summed E-state index contributed by atoms with van der Waals surface area (Å²) >= 11 is 0. The van der Waals surface area contributed by atoms with E-state index in [1.807, 2.05) is 11.8 Å². The fourth-order valence-corrected chi connectivity index (χ4v) is 2.85. The van der Waals surface area contributed by atoms with E-state index in [1.54, 1.807) is 7.11 Å². The molecule has 0 aliphatic carbocycles. The van der Waals surface area contributed by atoms with Crippen molar-refractivity contribution in [3.8, 4) is 0 Å². The third kappa shape index (κ3) is 3.63. The average molecular weight is 290 g/mol. The normalized spacial score (nSPS) is 22.1. The molecule has 4 heteroatoms. The molecule has 21 heavy (non-hydrogen) atoms. The van der Waals surface area contributed by atoms with E-state index in [-0.39, 0.29) is 18.1 Å². The van der Waals surface area contributed by atoms with Gasteiger partial charge in [0.2, 0.25) is 5.91 Å². The lowest BCUT2D eigenvalue weighted by Gasteiger charge is -2.26. The van der Waals surface area contributed by atoms with E-state index in [4.69, 9.17) is 4.74 Å². The summed E-state index contributed by atoms with van der Waals surface area (Å²) in [6, 6.07) is 6.31.